The van der Waals surface area contributed by atoms with Crippen molar-refractivity contribution in [3.8, 4) is 17.6 Å². The van der Waals surface area contributed by atoms with Crippen LogP contribution in [0, 0.1) is 11.3 Å². The van der Waals surface area contributed by atoms with Crippen molar-refractivity contribution in [1.29, 1.82) is 5.26 Å². The van der Waals surface area contributed by atoms with Crippen molar-refractivity contribution in [3.05, 3.63) is 23.3 Å². The van der Waals surface area contributed by atoms with Crippen LogP contribution in [-0.4, -0.2) is 14.2 Å². The molecule has 1 rings (SSSR count). The van der Waals surface area contributed by atoms with Crippen molar-refractivity contribution in [1.82, 2.24) is 0 Å². The molecule has 3 heteroatoms. The first-order valence-corrected chi connectivity index (χ1v) is 4.80. The van der Waals surface area contributed by atoms with Gasteiger partial charge in [0.2, 0.25) is 0 Å². The molecule has 3 nitrogen and oxygen atoms in total. The standard InChI is InChI=1S/C12H15NO2/c1-8(2)10-5-9(7-13)11(14-3)6-12(10)15-4/h5-6,8H,1-4H3. The van der Waals surface area contributed by atoms with E-state index in [-0.39, 0.29) is 0 Å². The lowest BCUT2D eigenvalue weighted by molar-refractivity contribution is 0.389. The lowest BCUT2D eigenvalue weighted by atomic mass is 9.99. The molecule has 0 unspecified atom stereocenters. The largest absolute Gasteiger partial charge is 0.496 e. The second-order valence-corrected chi connectivity index (χ2v) is 3.56. The Kier molecular flexibility index (Phi) is 3.56. The summed E-state index contributed by atoms with van der Waals surface area (Å²) >= 11 is 0. The predicted molar refractivity (Wildman–Crippen MR) is 58.4 cm³/mol. The molecule has 0 saturated carbocycles. The Balaban J connectivity index is 3.36. The van der Waals surface area contributed by atoms with Gasteiger partial charge in [-0.05, 0) is 17.5 Å². The molecule has 1 aromatic carbocycles. The number of benzene rings is 1. The molecule has 1 aromatic rings. The van der Waals surface area contributed by atoms with Gasteiger partial charge in [0.05, 0.1) is 19.8 Å². The smallest absolute Gasteiger partial charge is 0.140 e. The summed E-state index contributed by atoms with van der Waals surface area (Å²) in [6.07, 6.45) is 0. The summed E-state index contributed by atoms with van der Waals surface area (Å²) in [5.41, 5.74) is 1.57. The van der Waals surface area contributed by atoms with Gasteiger partial charge in [-0.3, -0.25) is 0 Å². The molecule has 0 aliphatic heterocycles. The van der Waals surface area contributed by atoms with Crippen LogP contribution < -0.4 is 9.47 Å². The third kappa shape index (κ3) is 2.21. The Morgan fingerprint density at radius 3 is 2.13 bits per heavy atom. The van der Waals surface area contributed by atoms with Crippen LogP contribution >= 0.6 is 0 Å². The molecule has 0 aliphatic carbocycles. The summed E-state index contributed by atoms with van der Waals surface area (Å²) in [5.74, 6) is 1.64. The van der Waals surface area contributed by atoms with Gasteiger partial charge in [-0.1, -0.05) is 13.8 Å². The highest BCUT2D eigenvalue weighted by molar-refractivity contribution is 5.52. The van der Waals surface area contributed by atoms with Gasteiger partial charge in [-0.2, -0.15) is 5.26 Å². The van der Waals surface area contributed by atoms with E-state index in [2.05, 4.69) is 19.9 Å². The fourth-order valence-corrected chi connectivity index (χ4v) is 1.46. The van der Waals surface area contributed by atoms with E-state index in [1.165, 1.54) is 0 Å². The summed E-state index contributed by atoms with van der Waals surface area (Å²) in [6.45, 7) is 4.12. The summed E-state index contributed by atoms with van der Waals surface area (Å²) in [6, 6.07) is 5.69. The van der Waals surface area contributed by atoms with Crippen molar-refractivity contribution < 1.29 is 9.47 Å². The molecule has 0 aliphatic rings. The van der Waals surface area contributed by atoms with Crippen LogP contribution in [0.1, 0.15) is 30.9 Å². The normalized spacial score (nSPS) is 9.87. The van der Waals surface area contributed by atoms with Crippen LogP contribution in [-0.2, 0) is 0 Å². The van der Waals surface area contributed by atoms with E-state index in [1.807, 2.05) is 6.07 Å². The number of nitrogens with zero attached hydrogens (tertiary/aromatic N) is 1. The zero-order valence-electron chi connectivity index (χ0n) is 9.50. The maximum atomic E-state index is 8.95. The van der Waals surface area contributed by atoms with Crippen LogP contribution in [0.15, 0.2) is 12.1 Å². The minimum Gasteiger partial charge on any atom is -0.496 e. The van der Waals surface area contributed by atoms with Crippen molar-refractivity contribution in [3.63, 3.8) is 0 Å². The monoisotopic (exact) mass is 205 g/mol. The number of ether oxygens (including phenoxy) is 2. The highest BCUT2D eigenvalue weighted by Crippen LogP contribution is 2.32. The lowest BCUT2D eigenvalue weighted by Gasteiger charge is -2.14. The van der Waals surface area contributed by atoms with Crippen LogP contribution in [0.3, 0.4) is 0 Å². The van der Waals surface area contributed by atoms with Crippen molar-refractivity contribution in [2.24, 2.45) is 0 Å². The van der Waals surface area contributed by atoms with E-state index in [9.17, 15) is 0 Å². The van der Waals surface area contributed by atoms with E-state index in [0.29, 0.717) is 17.2 Å². The van der Waals surface area contributed by atoms with E-state index < -0.39 is 0 Å². The summed E-state index contributed by atoms with van der Waals surface area (Å²) in [7, 11) is 3.16. The Morgan fingerprint density at radius 2 is 1.73 bits per heavy atom. The summed E-state index contributed by atoms with van der Waals surface area (Å²) in [5, 5.41) is 8.95. The van der Waals surface area contributed by atoms with Crippen LogP contribution in [0.25, 0.3) is 0 Å². The minimum absolute atomic E-state index is 0.318. The summed E-state index contributed by atoms with van der Waals surface area (Å²) < 4.78 is 10.4. The fraction of sp³-hybridized carbons (Fsp3) is 0.417. The lowest BCUT2D eigenvalue weighted by Crippen LogP contribution is -1.97. The molecule has 0 atom stereocenters. The van der Waals surface area contributed by atoms with E-state index in [0.717, 1.165) is 11.3 Å². The van der Waals surface area contributed by atoms with Gasteiger partial charge in [0.1, 0.15) is 17.6 Å². The SMILES string of the molecule is COc1cc(OC)c(C(C)C)cc1C#N. The van der Waals surface area contributed by atoms with Gasteiger partial charge < -0.3 is 9.47 Å². The third-order valence-electron chi connectivity index (χ3n) is 2.29. The maximum absolute atomic E-state index is 8.95. The van der Waals surface area contributed by atoms with Gasteiger partial charge in [-0.25, -0.2) is 0 Å². The van der Waals surface area contributed by atoms with E-state index >= 15 is 0 Å². The van der Waals surface area contributed by atoms with Crippen molar-refractivity contribution >= 4 is 0 Å². The average molecular weight is 205 g/mol. The third-order valence-corrected chi connectivity index (χ3v) is 2.29. The van der Waals surface area contributed by atoms with Gasteiger partial charge in [0.15, 0.2) is 0 Å². The van der Waals surface area contributed by atoms with Crippen molar-refractivity contribution in [2.75, 3.05) is 14.2 Å². The van der Waals surface area contributed by atoms with Crippen molar-refractivity contribution in [2.45, 2.75) is 19.8 Å². The van der Waals surface area contributed by atoms with Gasteiger partial charge in [0, 0.05) is 6.07 Å². The minimum atomic E-state index is 0.318. The Labute approximate surface area is 90.2 Å². The molecule has 0 fully saturated rings. The molecule has 15 heavy (non-hydrogen) atoms. The number of hydrogen-bond donors (Lipinski definition) is 0. The van der Waals surface area contributed by atoms with Gasteiger partial charge >= 0.3 is 0 Å². The second kappa shape index (κ2) is 4.70. The first kappa shape index (κ1) is 11.4. The Bertz CT molecular complexity index is 391. The molecule has 0 heterocycles. The molecule has 0 radical (unpaired) electrons. The molecule has 0 bridgehead atoms. The predicted octanol–water partition coefficient (Wildman–Crippen LogP) is 2.70. The molecule has 80 valence electrons. The highest BCUT2D eigenvalue weighted by atomic mass is 16.5. The Hall–Kier alpha value is -1.69. The average Bonchev–Trinajstić information content (AvgIpc) is 2.26. The molecule has 0 saturated heterocycles. The van der Waals surface area contributed by atoms with E-state index in [1.54, 1.807) is 20.3 Å². The summed E-state index contributed by atoms with van der Waals surface area (Å²) in [4.78, 5) is 0. The zero-order chi connectivity index (χ0) is 11.4. The molecule has 0 spiro atoms. The number of methoxy groups -OCH3 is 2. The van der Waals surface area contributed by atoms with Crippen LogP contribution in [0.4, 0.5) is 0 Å². The fourth-order valence-electron chi connectivity index (χ4n) is 1.46. The molecule has 0 N–H and O–H groups in total. The number of rotatable bonds is 3. The maximum Gasteiger partial charge on any atom is 0.140 e. The quantitative estimate of drug-likeness (QED) is 0.761. The van der Waals surface area contributed by atoms with E-state index in [4.69, 9.17) is 14.7 Å². The van der Waals surface area contributed by atoms with Crippen LogP contribution in [0.2, 0.25) is 0 Å². The molecule has 0 aromatic heterocycles. The first-order chi connectivity index (χ1) is 7.13. The number of hydrogen-bond acceptors (Lipinski definition) is 3. The Morgan fingerprint density at radius 1 is 1.13 bits per heavy atom. The zero-order valence-corrected chi connectivity index (χ0v) is 9.50. The van der Waals surface area contributed by atoms with Gasteiger partial charge in [-0.15, -0.1) is 0 Å². The van der Waals surface area contributed by atoms with Gasteiger partial charge in [0.25, 0.3) is 0 Å². The molecular weight excluding hydrogens is 190 g/mol. The molecule has 0 amide bonds. The highest BCUT2D eigenvalue weighted by Gasteiger charge is 2.13. The molecular formula is C12H15NO2. The first-order valence-electron chi connectivity index (χ1n) is 4.80. The topological polar surface area (TPSA) is 42.2 Å². The van der Waals surface area contributed by atoms with Crippen LogP contribution in [0.5, 0.6) is 11.5 Å². The number of nitriles is 1. The second-order valence-electron chi connectivity index (χ2n) is 3.56.